The topological polar surface area (TPSA) is 76.1 Å². The van der Waals surface area contributed by atoms with Gasteiger partial charge in [-0.15, -0.1) is 6.42 Å². The lowest BCUT2D eigenvalue weighted by atomic mass is 9.92. The van der Waals surface area contributed by atoms with Crippen LogP contribution < -0.4 is 9.64 Å². The maximum atomic E-state index is 12.4. The Kier molecular flexibility index (Phi) is 5.64. The van der Waals surface area contributed by atoms with Crippen molar-refractivity contribution in [3.63, 3.8) is 0 Å². The van der Waals surface area contributed by atoms with Gasteiger partial charge in [-0.2, -0.15) is 0 Å². The maximum absolute atomic E-state index is 12.4. The van der Waals surface area contributed by atoms with E-state index in [9.17, 15) is 14.7 Å². The van der Waals surface area contributed by atoms with Crippen LogP contribution in [-0.4, -0.2) is 41.8 Å². The molecule has 7 heteroatoms. The largest absolute Gasteiger partial charge is 0.489 e. The Labute approximate surface area is 163 Å². The van der Waals surface area contributed by atoms with Gasteiger partial charge >= 0.3 is 11.9 Å². The molecule has 0 atom stereocenters. The molecule has 27 heavy (non-hydrogen) atoms. The van der Waals surface area contributed by atoms with Gasteiger partial charge in [-0.05, 0) is 37.0 Å². The second kappa shape index (κ2) is 7.79. The average molecular weight is 392 g/mol. The predicted octanol–water partition coefficient (Wildman–Crippen LogP) is 3.26. The van der Waals surface area contributed by atoms with E-state index in [1.807, 2.05) is 0 Å². The van der Waals surface area contributed by atoms with E-state index in [0.717, 1.165) is 25.7 Å². The van der Waals surface area contributed by atoms with Crippen LogP contribution in [0.25, 0.3) is 0 Å². The molecule has 2 aliphatic carbocycles. The summed E-state index contributed by atoms with van der Waals surface area (Å²) in [6.45, 7) is 0. The van der Waals surface area contributed by atoms with Crippen molar-refractivity contribution in [2.45, 2.75) is 56.3 Å². The molecule has 1 N–H and O–H groups in total. The Morgan fingerprint density at radius 1 is 1.30 bits per heavy atom. The number of terminal acetylenes is 1. The van der Waals surface area contributed by atoms with Gasteiger partial charge in [0, 0.05) is 25.6 Å². The van der Waals surface area contributed by atoms with Crippen LogP contribution in [0.4, 0.5) is 5.69 Å². The SMILES string of the molecule is C#CC(=O)N(c1ccc(OC2CC(OC)C2)c(Cl)c1)C1(C(=O)O)CCCC1. The van der Waals surface area contributed by atoms with Gasteiger partial charge in [-0.1, -0.05) is 24.4 Å². The molecule has 1 amide bonds. The molecule has 0 aromatic heterocycles. The van der Waals surface area contributed by atoms with E-state index in [0.29, 0.717) is 29.3 Å². The van der Waals surface area contributed by atoms with Crippen LogP contribution in [0.5, 0.6) is 5.75 Å². The number of carbonyl (C=O) groups excluding carboxylic acids is 1. The Balaban J connectivity index is 1.87. The summed E-state index contributed by atoms with van der Waals surface area (Å²) in [7, 11) is 1.67. The summed E-state index contributed by atoms with van der Waals surface area (Å²) in [4.78, 5) is 25.7. The highest BCUT2D eigenvalue weighted by Gasteiger charge is 2.49. The van der Waals surface area contributed by atoms with Crippen molar-refractivity contribution in [1.29, 1.82) is 0 Å². The standard InChI is InChI=1S/C20H22ClNO5/c1-3-18(23)22(20(19(24)25)8-4-5-9-20)13-6-7-17(16(21)10-13)27-15-11-14(12-15)26-2/h1,6-7,10,14-15H,4-5,8-9,11-12H2,2H3,(H,24,25). The molecule has 0 spiro atoms. The zero-order valence-corrected chi connectivity index (χ0v) is 15.9. The highest BCUT2D eigenvalue weighted by Crippen LogP contribution is 2.41. The third kappa shape index (κ3) is 3.62. The number of hydrogen-bond donors (Lipinski definition) is 1. The fraction of sp³-hybridized carbons (Fsp3) is 0.500. The molecule has 0 unspecified atom stereocenters. The fourth-order valence-corrected chi connectivity index (χ4v) is 4.05. The fourth-order valence-electron chi connectivity index (χ4n) is 3.83. The van der Waals surface area contributed by atoms with Crippen molar-refractivity contribution < 1.29 is 24.2 Å². The molecular weight excluding hydrogens is 370 g/mol. The van der Waals surface area contributed by atoms with Crippen LogP contribution in [0.15, 0.2) is 18.2 Å². The molecule has 2 saturated carbocycles. The number of nitrogens with zero attached hydrogens (tertiary/aromatic N) is 1. The van der Waals surface area contributed by atoms with Crippen molar-refractivity contribution in [2.24, 2.45) is 0 Å². The normalized spacial score (nSPS) is 23.1. The molecule has 0 bridgehead atoms. The third-order valence-electron chi connectivity index (χ3n) is 5.44. The van der Waals surface area contributed by atoms with Crippen molar-refractivity contribution in [3.05, 3.63) is 23.2 Å². The number of carboxylic acids is 1. The number of anilines is 1. The van der Waals surface area contributed by atoms with Crippen LogP contribution in [0, 0.1) is 12.3 Å². The quantitative estimate of drug-likeness (QED) is 0.753. The van der Waals surface area contributed by atoms with E-state index in [1.165, 1.54) is 4.90 Å². The third-order valence-corrected chi connectivity index (χ3v) is 5.73. The van der Waals surface area contributed by atoms with E-state index in [1.54, 1.807) is 25.3 Å². The molecule has 0 aliphatic heterocycles. The summed E-state index contributed by atoms with van der Waals surface area (Å²) in [6.07, 6.45) is 9.28. The lowest BCUT2D eigenvalue weighted by Gasteiger charge is -2.37. The Morgan fingerprint density at radius 3 is 2.48 bits per heavy atom. The second-order valence-electron chi connectivity index (χ2n) is 7.01. The number of carbonyl (C=O) groups is 2. The van der Waals surface area contributed by atoms with Gasteiger partial charge in [0.25, 0.3) is 0 Å². The van der Waals surface area contributed by atoms with Crippen LogP contribution in [-0.2, 0) is 14.3 Å². The number of rotatable bonds is 6. The molecule has 0 saturated heterocycles. The zero-order chi connectivity index (χ0) is 19.6. The highest BCUT2D eigenvalue weighted by molar-refractivity contribution is 6.32. The summed E-state index contributed by atoms with van der Waals surface area (Å²) >= 11 is 6.36. The van der Waals surface area contributed by atoms with Crippen molar-refractivity contribution in [1.82, 2.24) is 0 Å². The number of methoxy groups -OCH3 is 1. The maximum Gasteiger partial charge on any atom is 0.330 e. The second-order valence-corrected chi connectivity index (χ2v) is 7.42. The van der Waals surface area contributed by atoms with Gasteiger partial charge in [0.15, 0.2) is 0 Å². The Bertz CT molecular complexity index is 775. The summed E-state index contributed by atoms with van der Waals surface area (Å²) in [5.41, 5.74) is -0.975. The van der Waals surface area contributed by atoms with Gasteiger partial charge in [0.1, 0.15) is 17.4 Å². The van der Waals surface area contributed by atoms with Gasteiger partial charge in [0.2, 0.25) is 0 Å². The molecule has 0 radical (unpaired) electrons. The van der Waals surface area contributed by atoms with Crippen LogP contribution in [0.3, 0.4) is 0 Å². The highest BCUT2D eigenvalue weighted by atomic mass is 35.5. The molecule has 6 nitrogen and oxygen atoms in total. The van der Waals surface area contributed by atoms with E-state index < -0.39 is 17.4 Å². The monoisotopic (exact) mass is 391 g/mol. The van der Waals surface area contributed by atoms with E-state index in [-0.39, 0.29) is 12.2 Å². The molecule has 3 rings (SSSR count). The van der Waals surface area contributed by atoms with E-state index in [4.69, 9.17) is 27.5 Å². The van der Waals surface area contributed by atoms with Gasteiger partial charge in [0.05, 0.1) is 11.1 Å². The minimum absolute atomic E-state index is 0.0296. The molecule has 1 aromatic rings. The lowest BCUT2D eigenvalue weighted by molar-refractivity contribution is -0.144. The molecule has 0 heterocycles. The van der Waals surface area contributed by atoms with Gasteiger partial charge in [-0.25, -0.2) is 4.79 Å². The van der Waals surface area contributed by atoms with Crippen molar-refractivity contribution in [2.75, 3.05) is 12.0 Å². The lowest BCUT2D eigenvalue weighted by Crippen LogP contribution is -2.55. The molecular formula is C20H22ClNO5. The molecule has 1 aromatic carbocycles. The minimum atomic E-state index is -1.34. The first-order valence-electron chi connectivity index (χ1n) is 8.94. The van der Waals surface area contributed by atoms with Gasteiger partial charge < -0.3 is 14.6 Å². The van der Waals surface area contributed by atoms with E-state index in [2.05, 4.69) is 5.92 Å². The summed E-state index contributed by atoms with van der Waals surface area (Å²) in [5.74, 6) is 0.797. The molecule has 2 fully saturated rings. The summed E-state index contributed by atoms with van der Waals surface area (Å²) < 4.78 is 11.1. The van der Waals surface area contributed by atoms with E-state index >= 15 is 0 Å². The Hall–Kier alpha value is -2.23. The molecule has 144 valence electrons. The summed E-state index contributed by atoms with van der Waals surface area (Å²) in [6, 6.07) is 4.83. The van der Waals surface area contributed by atoms with Crippen LogP contribution in [0.1, 0.15) is 38.5 Å². The number of carboxylic acid groups (broad SMARTS) is 1. The van der Waals surface area contributed by atoms with Gasteiger partial charge in [-0.3, -0.25) is 9.69 Å². The predicted molar refractivity (Wildman–Crippen MR) is 101 cm³/mol. The minimum Gasteiger partial charge on any atom is -0.489 e. The van der Waals surface area contributed by atoms with Crippen LogP contribution >= 0.6 is 11.6 Å². The first-order valence-corrected chi connectivity index (χ1v) is 9.32. The first-order chi connectivity index (χ1) is 12.9. The number of aliphatic carboxylic acids is 1. The Morgan fingerprint density at radius 2 is 1.96 bits per heavy atom. The number of amides is 1. The van der Waals surface area contributed by atoms with Crippen molar-refractivity contribution >= 4 is 29.2 Å². The molecule has 2 aliphatic rings. The number of benzene rings is 1. The number of halogens is 1. The zero-order valence-electron chi connectivity index (χ0n) is 15.1. The van der Waals surface area contributed by atoms with Crippen molar-refractivity contribution in [3.8, 4) is 18.1 Å². The smallest absolute Gasteiger partial charge is 0.330 e. The van der Waals surface area contributed by atoms with Crippen LogP contribution in [0.2, 0.25) is 5.02 Å². The average Bonchev–Trinajstić information content (AvgIpc) is 3.10. The number of ether oxygens (including phenoxy) is 2. The number of hydrogen-bond acceptors (Lipinski definition) is 4. The first kappa shape index (κ1) is 19.5. The summed E-state index contributed by atoms with van der Waals surface area (Å²) in [5, 5.41) is 10.1.